The van der Waals surface area contributed by atoms with Gasteiger partial charge in [-0.05, 0) is 42.3 Å². The van der Waals surface area contributed by atoms with Crippen molar-refractivity contribution in [2.24, 2.45) is 5.92 Å². The van der Waals surface area contributed by atoms with Crippen molar-refractivity contribution in [2.45, 2.75) is 19.4 Å². The summed E-state index contributed by atoms with van der Waals surface area (Å²) in [6, 6.07) is 4.27. The maximum atomic E-state index is 13.1. The van der Waals surface area contributed by atoms with E-state index in [1.165, 1.54) is 12.1 Å². The second kappa shape index (κ2) is 5.83. The Morgan fingerprint density at radius 1 is 1.24 bits per heavy atom. The van der Waals surface area contributed by atoms with Crippen molar-refractivity contribution in [2.75, 3.05) is 18.1 Å². The highest BCUT2D eigenvalue weighted by molar-refractivity contribution is 7.99. The van der Waals surface area contributed by atoms with E-state index in [1.54, 1.807) is 0 Å². The van der Waals surface area contributed by atoms with Gasteiger partial charge in [-0.1, -0.05) is 6.92 Å². The van der Waals surface area contributed by atoms with Gasteiger partial charge in [-0.15, -0.1) is 0 Å². The van der Waals surface area contributed by atoms with Crippen molar-refractivity contribution in [3.63, 3.8) is 0 Å². The Labute approximate surface area is 105 Å². The summed E-state index contributed by atoms with van der Waals surface area (Å²) in [7, 11) is 0. The predicted molar refractivity (Wildman–Crippen MR) is 68.3 cm³/mol. The summed E-state index contributed by atoms with van der Waals surface area (Å²) < 4.78 is 26.2. The van der Waals surface area contributed by atoms with E-state index in [4.69, 9.17) is 0 Å². The van der Waals surface area contributed by atoms with Gasteiger partial charge in [-0.25, -0.2) is 8.78 Å². The summed E-state index contributed by atoms with van der Waals surface area (Å²) in [5.41, 5.74) is 0.762. The molecule has 1 nitrogen and oxygen atoms in total. The molecule has 94 valence electrons. The Morgan fingerprint density at radius 2 is 1.94 bits per heavy atom. The Kier molecular flexibility index (Phi) is 4.40. The van der Waals surface area contributed by atoms with E-state index in [2.05, 4.69) is 12.2 Å². The lowest BCUT2D eigenvalue weighted by Gasteiger charge is -2.19. The molecule has 0 aliphatic carbocycles. The van der Waals surface area contributed by atoms with Crippen LogP contribution in [0.15, 0.2) is 18.2 Å². The number of rotatable bonds is 4. The molecular weight excluding hydrogens is 240 g/mol. The van der Waals surface area contributed by atoms with Gasteiger partial charge in [-0.3, -0.25) is 0 Å². The van der Waals surface area contributed by atoms with Crippen molar-refractivity contribution >= 4 is 11.8 Å². The Hall–Kier alpha value is -0.610. The minimum atomic E-state index is -0.481. The van der Waals surface area contributed by atoms with E-state index in [1.807, 2.05) is 11.8 Å². The maximum Gasteiger partial charge on any atom is 0.126 e. The van der Waals surface area contributed by atoms with Crippen LogP contribution in [0.3, 0.4) is 0 Å². The van der Waals surface area contributed by atoms with Crippen LogP contribution in [0.2, 0.25) is 0 Å². The molecule has 1 aliphatic heterocycles. The molecule has 2 atom stereocenters. The van der Waals surface area contributed by atoms with Crippen LogP contribution in [0.1, 0.15) is 12.5 Å². The molecular formula is C13H17F2NS. The molecule has 1 aromatic rings. The zero-order valence-electron chi connectivity index (χ0n) is 9.88. The van der Waals surface area contributed by atoms with Crippen molar-refractivity contribution in [1.29, 1.82) is 0 Å². The minimum absolute atomic E-state index is 0.469. The zero-order chi connectivity index (χ0) is 12.3. The van der Waals surface area contributed by atoms with Crippen LogP contribution in [-0.2, 0) is 6.42 Å². The van der Waals surface area contributed by atoms with E-state index in [9.17, 15) is 8.78 Å². The highest BCUT2D eigenvalue weighted by atomic mass is 32.2. The summed E-state index contributed by atoms with van der Waals surface area (Å²) in [4.78, 5) is 0. The summed E-state index contributed by atoms with van der Waals surface area (Å²) in [6.07, 6.45) is 0.749. The summed E-state index contributed by atoms with van der Waals surface area (Å²) in [5.74, 6) is 1.67. The van der Waals surface area contributed by atoms with E-state index in [-0.39, 0.29) is 0 Å². The van der Waals surface area contributed by atoms with Crippen LogP contribution in [0, 0.1) is 17.6 Å². The number of thioether (sulfide) groups is 1. The molecule has 0 bridgehead atoms. The van der Waals surface area contributed by atoms with Gasteiger partial charge in [0.15, 0.2) is 0 Å². The fourth-order valence-corrected chi connectivity index (χ4v) is 3.75. The third-order valence-electron chi connectivity index (χ3n) is 3.08. The predicted octanol–water partition coefficient (Wildman–Crippen LogP) is 2.85. The summed E-state index contributed by atoms with van der Waals surface area (Å²) in [5, 5.41) is 3.44. The lowest BCUT2D eigenvalue weighted by atomic mass is 9.95. The molecule has 1 fully saturated rings. The van der Waals surface area contributed by atoms with Crippen molar-refractivity contribution in [3.05, 3.63) is 35.4 Å². The van der Waals surface area contributed by atoms with Crippen LogP contribution in [0.5, 0.6) is 0 Å². The molecule has 1 heterocycles. The molecule has 4 heteroatoms. The number of nitrogens with one attached hydrogen (secondary N) is 1. The first-order chi connectivity index (χ1) is 8.19. The van der Waals surface area contributed by atoms with Gasteiger partial charge in [-0.2, -0.15) is 11.8 Å². The van der Waals surface area contributed by atoms with Gasteiger partial charge in [0.2, 0.25) is 0 Å². The van der Waals surface area contributed by atoms with Gasteiger partial charge >= 0.3 is 0 Å². The molecule has 0 aromatic heterocycles. The fourth-order valence-electron chi connectivity index (χ4n) is 2.32. The van der Waals surface area contributed by atoms with Crippen molar-refractivity contribution in [1.82, 2.24) is 5.32 Å². The molecule has 2 rings (SSSR count). The Morgan fingerprint density at radius 3 is 2.59 bits per heavy atom. The number of benzene rings is 1. The second-order valence-corrected chi connectivity index (χ2v) is 5.52. The smallest absolute Gasteiger partial charge is 0.126 e. The quantitative estimate of drug-likeness (QED) is 0.890. The highest BCUT2D eigenvalue weighted by Crippen LogP contribution is 2.27. The standard InChI is InChI=1S/C13H17F2NS/c1-2-16-13-8-17-7-10(13)3-9-4-11(14)6-12(15)5-9/h4-6,10,13,16H,2-3,7-8H2,1H3. The molecule has 1 aliphatic rings. The lowest BCUT2D eigenvalue weighted by Crippen LogP contribution is -2.36. The minimum Gasteiger partial charge on any atom is -0.313 e. The first-order valence-electron chi connectivity index (χ1n) is 5.95. The summed E-state index contributed by atoms with van der Waals surface area (Å²) >= 11 is 1.91. The van der Waals surface area contributed by atoms with Crippen LogP contribution < -0.4 is 5.32 Å². The number of hydrogen-bond donors (Lipinski definition) is 1. The van der Waals surface area contributed by atoms with E-state index in [0.29, 0.717) is 12.0 Å². The van der Waals surface area contributed by atoms with Crippen LogP contribution in [0.4, 0.5) is 8.78 Å². The van der Waals surface area contributed by atoms with Crippen LogP contribution >= 0.6 is 11.8 Å². The average Bonchev–Trinajstić information content (AvgIpc) is 2.65. The van der Waals surface area contributed by atoms with Gasteiger partial charge in [0.25, 0.3) is 0 Å². The summed E-state index contributed by atoms with van der Waals surface area (Å²) in [6.45, 7) is 3.03. The van der Waals surface area contributed by atoms with Crippen LogP contribution in [-0.4, -0.2) is 24.1 Å². The van der Waals surface area contributed by atoms with Crippen molar-refractivity contribution < 1.29 is 8.78 Å². The van der Waals surface area contributed by atoms with Gasteiger partial charge in [0.1, 0.15) is 11.6 Å². The monoisotopic (exact) mass is 257 g/mol. The SMILES string of the molecule is CCNC1CSCC1Cc1cc(F)cc(F)c1. The molecule has 0 saturated carbocycles. The van der Waals surface area contributed by atoms with Gasteiger partial charge < -0.3 is 5.32 Å². The topological polar surface area (TPSA) is 12.0 Å². The van der Waals surface area contributed by atoms with E-state index in [0.717, 1.165) is 36.1 Å². The highest BCUT2D eigenvalue weighted by Gasteiger charge is 2.27. The van der Waals surface area contributed by atoms with Crippen molar-refractivity contribution in [3.8, 4) is 0 Å². The molecule has 17 heavy (non-hydrogen) atoms. The Balaban J connectivity index is 2.04. The zero-order valence-corrected chi connectivity index (χ0v) is 10.7. The Bertz CT molecular complexity index is 363. The average molecular weight is 257 g/mol. The third kappa shape index (κ3) is 3.42. The molecule has 1 aromatic carbocycles. The molecule has 2 unspecified atom stereocenters. The fraction of sp³-hybridized carbons (Fsp3) is 0.538. The third-order valence-corrected chi connectivity index (χ3v) is 4.34. The first kappa shape index (κ1) is 12.8. The van der Waals surface area contributed by atoms with E-state index < -0.39 is 11.6 Å². The number of halogens is 2. The second-order valence-electron chi connectivity index (χ2n) is 4.44. The number of hydrogen-bond acceptors (Lipinski definition) is 2. The normalized spacial score (nSPS) is 24.2. The first-order valence-corrected chi connectivity index (χ1v) is 7.10. The largest absolute Gasteiger partial charge is 0.313 e. The van der Waals surface area contributed by atoms with Gasteiger partial charge in [0.05, 0.1) is 0 Å². The van der Waals surface area contributed by atoms with Crippen LogP contribution in [0.25, 0.3) is 0 Å². The molecule has 0 spiro atoms. The lowest BCUT2D eigenvalue weighted by molar-refractivity contribution is 0.432. The molecule has 1 N–H and O–H groups in total. The maximum absolute atomic E-state index is 13.1. The molecule has 0 amide bonds. The molecule has 0 radical (unpaired) electrons. The van der Waals surface area contributed by atoms with E-state index >= 15 is 0 Å². The molecule has 1 saturated heterocycles. The van der Waals surface area contributed by atoms with Gasteiger partial charge in [0, 0.05) is 17.9 Å².